The number of aromatic nitrogens is 2. The van der Waals surface area contributed by atoms with Crippen molar-refractivity contribution in [2.24, 2.45) is 0 Å². The lowest BCUT2D eigenvalue weighted by Crippen LogP contribution is -2.40. The summed E-state index contributed by atoms with van der Waals surface area (Å²) in [6, 6.07) is 10.2. The number of hydrogen-bond donors (Lipinski definition) is 0. The maximum absolute atomic E-state index is 6.26. The van der Waals surface area contributed by atoms with E-state index in [1.54, 1.807) is 0 Å². The van der Waals surface area contributed by atoms with Crippen LogP contribution >= 0.6 is 15.9 Å². The fourth-order valence-electron chi connectivity index (χ4n) is 1.88. The first kappa shape index (κ1) is 18.3. The zero-order chi connectivity index (χ0) is 17.1. The standard InChI is InChI=1S/C18H25BrN2OSi/c1-18(2,3)23(4,5)22-13-16-9-10-20-17(21-16)15-8-6-7-14(11-15)12-19/h6-11H,12-13H2,1-5H3. The van der Waals surface area contributed by atoms with Crippen LogP contribution in [0.1, 0.15) is 32.0 Å². The summed E-state index contributed by atoms with van der Waals surface area (Å²) < 4.78 is 6.26. The van der Waals surface area contributed by atoms with Crippen molar-refractivity contribution in [1.29, 1.82) is 0 Å². The molecule has 5 heteroatoms. The Kier molecular flexibility index (Phi) is 5.76. The molecule has 0 amide bonds. The Balaban J connectivity index is 2.17. The molecule has 1 aromatic heterocycles. The van der Waals surface area contributed by atoms with Crippen molar-refractivity contribution < 1.29 is 4.43 Å². The SMILES string of the molecule is CC(C)(C)[Si](C)(C)OCc1ccnc(-c2cccc(CBr)c2)n1. The molecule has 0 atom stereocenters. The number of rotatable bonds is 5. The van der Waals surface area contributed by atoms with Gasteiger partial charge < -0.3 is 4.43 Å². The molecule has 1 aromatic carbocycles. The van der Waals surface area contributed by atoms with Gasteiger partial charge in [0.2, 0.25) is 0 Å². The molecule has 0 fully saturated rings. The van der Waals surface area contributed by atoms with Gasteiger partial charge in [-0.15, -0.1) is 0 Å². The van der Waals surface area contributed by atoms with E-state index >= 15 is 0 Å². The van der Waals surface area contributed by atoms with Gasteiger partial charge in [-0.2, -0.15) is 0 Å². The molecule has 0 N–H and O–H groups in total. The van der Waals surface area contributed by atoms with Crippen molar-refractivity contribution >= 4 is 24.2 Å². The molecule has 124 valence electrons. The molecule has 0 radical (unpaired) electrons. The molecule has 2 rings (SSSR count). The van der Waals surface area contributed by atoms with E-state index in [4.69, 9.17) is 4.43 Å². The normalized spacial score (nSPS) is 12.4. The van der Waals surface area contributed by atoms with Crippen LogP contribution in [-0.2, 0) is 16.4 Å². The summed E-state index contributed by atoms with van der Waals surface area (Å²) in [6.07, 6.45) is 1.81. The summed E-state index contributed by atoms with van der Waals surface area (Å²) in [5.74, 6) is 0.754. The largest absolute Gasteiger partial charge is 0.411 e. The summed E-state index contributed by atoms with van der Waals surface area (Å²) in [4.78, 5) is 9.08. The average Bonchev–Trinajstić information content (AvgIpc) is 2.52. The highest BCUT2D eigenvalue weighted by Crippen LogP contribution is 2.37. The minimum absolute atomic E-state index is 0.201. The minimum atomic E-state index is -1.77. The van der Waals surface area contributed by atoms with Crippen LogP contribution in [0.5, 0.6) is 0 Å². The summed E-state index contributed by atoms with van der Waals surface area (Å²) in [5.41, 5.74) is 3.19. The van der Waals surface area contributed by atoms with E-state index in [-0.39, 0.29) is 5.04 Å². The maximum atomic E-state index is 6.26. The van der Waals surface area contributed by atoms with Gasteiger partial charge in [0.1, 0.15) is 0 Å². The van der Waals surface area contributed by atoms with Gasteiger partial charge >= 0.3 is 0 Å². The fourth-order valence-corrected chi connectivity index (χ4v) is 3.17. The van der Waals surface area contributed by atoms with E-state index in [2.05, 4.69) is 71.9 Å². The molecule has 0 saturated heterocycles. The number of nitrogens with zero attached hydrogens (tertiary/aromatic N) is 2. The van der Waals surface area contributed by atoms with Crippen LogP contribution in [0.4, 0.5) is 0 Å². The highest BCUT2D eigenvalue weighted by Gasteiger charge is 2.37. The lowest BCUT2D eigenvalue weighted by atomic mass is 10.1. The zero-order valence-corrected chi connectivity index (χ0v) is 17.1. The predicted octanol–water partition coefficient (Wildman–Crippen LogP) is 5.56. The van der Waals surface area contributed by atoms with Crippen LogP contribution in [0, 0.1) is 0 Å². The highest BCUT2D eigenvalue weighted by molar-refractivity contribution is 9.08. The lowest BCUT2D eigenvalue weighted by molar-refractivity contribution is 0.272. The molecular formula is C18H25BrN2OSi. The van der Waals surface area contributed by atoms with Gasteiger partial charge in [0.15, 0.2) is 14.1 Å². The van der Waals surface area contributed by atoms with Gasteiger partial charge in [-0.25, -0.2) is 9.97 Å². The highest BCUT2D eigenvalue weighted by atomic mass is 79.9. The van der Waals surface area contributed by atoms with Crippen molar-refractivity contribution in [3.05, 3.63) is 47.8 Å². The summed E-state index contributed by atoms with van der Waals surface area (Å²) in [6.45, 7) is 11.8. The maximum Gasteiger partial charge on any atom is 0.192 e. The molecule has 0 aliphatic heterocycles. The van der Waals surface area contributed by atoms with Crippen LogP contribution in [0.2, 0.25) is 18.1 Å². The number of benzene rings is 1. The molecule has 0 bridgehead atoms. The Morgan fingerprint density at radius 3 is 2.57 bits per heavy atom. The summed E-state index contributed by atoms with van der Waals surface area (Å²) >= 11 is 3.49. The van der Waals surface area contributed by atoms with E-state index in [0.29, 0.717) is 6.61 Å². The van der Waals surface area contributed by atoms with Crippen LogP contribution in [-0.4, -0.2) is 18.3 Å². The molecular weight excluding hydrogens is 368 g/mol. The van der Waals surface area contributed by atoms with Crippen molar-refractivity contribution in [1.82, 2.24) is 9.97 Å². The van der Waals surface area contributed by atoms with Crippen LogP contribution in [0.3, 0.4) is 0 Å². The van der Waals surface area contributed by atoms with Gasteiger partial charge in [-0.3, -0.25) is 0 Å². The van der Waals surface area contributed by atoms with Gasteiger partial charge in [0.05, 0.1) is 12.3 Å². The second-order valence-corrected chi connectivity index (χ2v) is 12.6. The fraction of sp³-hybridized carbons (Fsp3) is 0.444. The smallest absolute Gasteiger partial charge is 0.192 e. The van der Waals surface area contributed by atoms with Crippen molar-refractivity contribution in [2.75, 3.05) is 0 Å². The Hall–Kier alpha value is -1.04. The van der Waals surface area contributed by atoms with Crippen molar-refractivity contribution in [3.63, 3.8) is 0 Å². The number of halogens is 1. The summed E-state index contributed by atoms with van der Waals surface area (Å²) in [5, 5.41) is 1.03. The third kappa shape index (κ3) is 4.72. The second kappa shape index (κ2) is 7.24. The number of hydrogen-bond acceptors (Lipinski definition) is 3. The van der Waals surface area contributed by atoms with E-state index in [1.165, 1.54) is 5.56 Å². The Labute approximate surface area is 148 Å². The second-order valence-electron chi connectivity index (χ2n) is 7.25. The first-order valence-electron chi connectivity index (χ1n) is 7.84. The van der Waals surface area contributed by atoms with Crippen LogP contribution in [0.25, 0.3) is 11.4 Å². The lowest BCUT2D eigenvalue weighted by Gasteiger charge is -2.36. The van der Waals surface area contributed by atoms with Crippen molar-refractivity contribution in [2.45, 2.75) is 50.8 Å². The van der Waals surface area contributed by atoms with E-state index in [0.717, 1.165) is 22.4 Å². The first-order valence-corrected chi connectivity index (χ1v) is 11.9. The predicted molar refractivity (Wildman–Crippen MR) is 102 cm³/mol. The summed E-state index contributed by atoms with van der Waals surface area (Å²) in [7, 11) is -1.77. The van der Waals surface area contributed by atoms with Crippen molar-refractivity contribution in [3.8, 4) is 11.4 Å². The van der Waals surface area contributed by atoms with Gasteiger partial charge in [0, 0.05) is 17.1 Å². The number of alkyl halides is 1. The quantitative estimate of drug-likeness (QED) is 0.493. The molecule has 0 aliphatic rings. The molecule has 23 heavy (non-hydrogen) atoms. The van der Waals surface area contributed by atoms with Crippen LogP contribution in [0.15, 0.2) is 36.5 Å². The van der Waals surface area contributed by atoms with Crippen LogP contribution < -0.4 is 0 Å². The molecule has 0 saturated carbocycles. The van der Waals surface area contributed by atoms with Gasteiger partial charge in [0.25, 0.3) is 0 Å². The molecule has 0 aliphatic carbocycles. The van der Waals surface area contributed by atoms with E-state index in [9.17, 15) is 0 Å². The third-order valence-corrected chi connectivity index (χ3v) is 9.57. The molecule has 1 heterocycles. The Morgan fingerprint density at radius 1 is 1.17 bits per heavy atom. The Bertz CT molecular complexity index is 668. The average molecular weight is 393 g/mol. The topological polar surface area (TPSA) is 35.0 Å². The molecule has 3 nitrogen and oxygen atoms in total. The van der Waals surface area contributed by atoms with Gasteiger partial charge in [-0.05, 0) is 35.8 Å². The molecule has 0 spiro atoms. The minimum Gasteiger partial charge on any atom is -0.411 e. The first-order chi connectivity index (χ1) is 10.7. The zero-order valence-electron chi connectivity index (χ0n) is 14.6. The molecule has 2 aromatic rings. The van der Waals surface area contributed by atoms with Gasteiger partial charge in [-0.1, -0.05) is 54.9 Å². The monoisotopic (exact) mass is 392 g/mol. The van der Waals surface area contributed by atoms with E-state index in [1.807, 2.05) is 24.4 Å². The third-order valence-electron chi connectivity index (χ3n) is 4.44. The van der Waals surface area contributed by atoms with E-state index < -0.39 is 8.32 Å². The molecule has 0 unspecified atom stereocenters. The Morgan fingerprint density at radius 2 is 1.91 bits per heavy atom.